The summed E-state index contributed by atoms with van der Waals surface area (Å²) in [5.74, 6) is 1.74. The summed E-state index contributed by atoms with van der Waals surface area (Å²) < 4.78 is 5.29. The summed E-state index contributed by atoms with van der Waals surface area (Å²) in [5, 5.41) is 0. The highest BCUT2D eigenvalue weighted by molar-refractivity contribution is 9.09. The fourth-order valence-electron chi connectivity index (χ4n) is 3.19. The average molecular weight is 311 g/mol. The molecule has 1 aromatic carbocycles. The second-order valence-electron chi connectivity index (χ2n) is 6.06. The number of hydrogen-bond donors (Lipinski definition) is 0. The molecule has 2 unspecified atom stereocenters. The van der Waals surface area contributed by atoms with E-state index < -0.39 is 0 Å². The SMILES string of the molecule is COc1cccc(CC(Br)C2CCCC2(C)C)c1. The van der Waals surface area contributed by atoms with Crippen LogP contribution in [0.3, 0.4) is 0 Å². The van der Waals surface area contributed by atoms with Crippen molar-refractivity contribution < 1.29 is 4.74 Å². The minimum absolute atomic E-state index is 0.479. The smallest absolute Gasteiger partial charge is 0.119 e. The number of methoxy groups -OCH3 is 1. The van der Waals surface area contributed by atoms with Crippen LogP contribution in [-0.2, 0) is 6.42 Å². The first kappa shape index (κ1) is 13.9. The largest absolute Gasteiger partial charge is 0.497 e. The van der Waals surface area contributed by atoms with Crippen LogP contribution in [0.2, 0.25) is 0 Å². The summed E-state index contributed by atoms with van der Waals surface area (Å²) in [6.45, 7) is 4.81. The standard InChI is InChI=1S/C16H23BrO/c1-16(2)9-5-8-14(16)15(17)11-12-6-4-7-13(10-12)18-3/h4,6-7,10,14-15H,5,8-9,11H2,1-3H3. The summed E-state index contributed by atoms with van der Waals surface area (Å²) in [5.41, 5.74) is 1.84. The van der Waals surface area contributed by atoms with Gasteiger partial charge in [-0.1, -0.05) is 48.3 Å². The average Bonchev–Trinajstić information content (AvgIpc) is 2.69. The Kier molecular flexibility index (Phi) is 4.37. The van der Waals surface area contributed by atoms with Gasteiger partial charge in [0.15, 0.2) is 0 Å². The Morgan fingerprint density at radius 1 is 1.44 bits per heavy atom. The molecule has 1 aromatic rings. The fourth-order valence-corrected chi connectivity index (χ4v) is 4.54. The third-order valence-electron chi connectivity index (χ3n) is 4.34. The van der Waals surface area contributed by atoms with E-state index in [1.54, 1.807) is 7.11 Å². The molecule has 100 valence electrons. The third-order valence-corrected chi connectivity index (χ3v) is 5.30. The molecular weight excluding hydrogens is 288 g/mol. The molecule has 0 heterocycles. The highest BCUT2D eigenvalue weighted by Gasteiger charge is 2.38. The molecule has 0 aromatic heterocycles. The van der Waals surface area contributed by atoms with Gasteiger partial charge in [0.2, 0.25) is 0 Å². The number of rotatable bonds is 4. The van der Waals surface area contributed by atoms with Crippen LogP contribution in [0, 0.1) is 11.3 Å². The number of benzene rings is 1. The molecule has 18 heavy (non-hydrogen) atoms. The Morgan fingerprint density at radius 2 is 2.22 bits per heavy atom. The summed E-state index contributed by atoms with van der Waals surface area (Å²) in [6, 6.07) is 8.43. The van der Waals surface area contributed by atoms with Gasteiger partial charge >= 0.3 is 0 Å². The number of hydrogen-bond acceptors (Lipinski definition) is 1. The van der Waals surface area contributed by atoms with Crippen molar-refractivity contribution in [3.63, 3.8) is 0 Å². The van der Waals surface area contributed by atoms with Crippen LogP contribution in [0.5, 0.6) is 5.75 Å². The molecule has 0 bridgehead atoms. The van der Waals surface area contributed by atoms with Crippen molar-refractivity contribution in [2.24, 2.45) is 11.3 Å². The Hall–Kier alpha value is -0.500. The van der Waals surface area contributed by atoms with Crippen molar-refractivity contribution in [1.82, 2.24) is 0 Å². The number of halogens is 1. The Bertz CT molecular complexity index is 400. The maximum absolute atomic E-state index is 5.29. The van der Waals surface area contributed by atoms with E-state index in [1.807, 2.05) is 6.07 Å². The van der Waals surface area contributed by atoms with Crippen molar-refractivity contribution in [2.75, 3.05) is 7.11 Å². The van der Waals surface area contributed by atoms with Gasteiger partial charge in [0.05, 0.1) is 7.11 Å². The maximum Gasteiger partial charge on any atom is 0.119 e. The number of ether oxygens (including phenoxy) is 1. The van der Waals surface area contributed by atoms with Crippen molar-refractivity contribution in [3.8, 4) is 5.75 Å². The monoisotopic (exact) mass is 310 g/mol. The van der Waals surface area contributed by atoms with Crippen LogP contribution in [0.25, 0.3) is 0 Å². The normalized spacial score (nSPS) is 23.9. The van der Waals surface area contributed by atoms with E-state index in [-0.39, 0.29) is 0 Å². The first-order valence-corrected chi connectivity index (χ1v) is 7.71. The van der Waals surface area contributed by atoms with Gasteiger partial charge < -0.3 is 4.74 Å². The lowest BCUT2D eigenvalue weighted by Crippen LogP contribution is -2.27. The molecule has 0 spiro atoms. The van der Waals surface area contributed by atoms with Crippen LogP contribution in [0.1, 0.15) is 38.7 Å². The van der Waals surface area contributed by atoms with E-state index in [9.17, 15) is 0 Å². The highest BCUT2D eigenvalue weighted by atomic mass is 79.9. The highest BCUT2D eigenvalue weighted by Crippen LogP contribution is 2.47. The van der Waals surface area contributed by atoms with Crippen molar-refractivity contribution >= 4 is 15.9 Å². The van der Waals surface area contributed by atoms with Gasteiger partial charge in [-0.25, -0.2) is 0 Å². The summed E-state index contributed by atoms with van der Waals surface area (Å²) in [7, 11) is 1.73. The van der Waals surface area contributed by atoms with E-state index in [2.05, 4.69) is 48.0 Å². The van der Waals surface area contributed by atoms with Gasteiger partial charge in [0.25, 0.3) is 0 Å². The zero-order chi connectivity index (χ0) is 13.2. The molecule has 0 N–H and O–H groups in total. The Labute approximate surface area is 119 Å². The van der Waals surface area contributed by atoms with Crippen molar-refractivity contribution in [2.45, 2.75) is 44.4 Å². The molecule has 0 aliphatic heterocycles. The lowest BCUT2D eigenvalue weighted by atomic mass is 9.79. The second kappa shape index (κ2) is 5.64. The van der Waals surface area contributed by atoms with Gasteiger partial charge in [0.1, 0.15) is 5.75 Å². The molecule has 0 saturated heterocycles. The first-order chi connectivity index (χ1) is 8.53. The van der Waals surface area contributed by atoms with Crippen LogP contribution < -0.4 is 4.74 Å². The third kappa shape index (κ3) is 3.09. The van der Waals surface area contributed by atoms with E-state index in [0.29, 0.717) is 10.2 Å². The predicted octanol–water partition coefficient (Wildman–Crippen LogP) is 4.83. The maximum atomic E-state index is 5.29. The van der Waals surface area contributed by atoms with E-state index in [0.717, 1.165) is 18.1 Å². The fraction of sp³-hybridized carbons (Fsp3) is 0.625. The summed E-state index contributed by atoms with van der Waals surface area (Å²) in [4.78, 5) is 0.571. The zero-order valence-corrected chi connectivity index (χ0v) is 13.2. The summed E-state index contributed by atoms with van der Waals surface area (Å²) >= 11 is 3.92. The Morgan fingerprint density at radius 3 is 2.83 bits per heavy atom. The summed E-state index contributed by atoms with van der Waals surface area (Å²) in [6.07, 6.45) is 5.17. The molecule has 1 aliphatic carbocycles. The Balaban J connectivity index is 2.04. The molecular formula is C16H23BrO. The zero-order valence-electron chi connectivity index (χ0n) is 11.6. The van der Waals surface area contributed by atoms with Crippen LogP contribution in [0.4, 0.5) is 0 Å². The molecule has 1 fully saturated rings. The molecule has 1 saturated carbocycles. The van der Waals surface area contributed by atoms with Gasteiger partial charge in [-0.05, 0) is 48.3 Å². The van der Waals surface area contributed by atoms with Gasteiger partial charge in [-0.3, -0.25) is 0 Å². The van der Waals surface area contributed by atoms with E-state index >= 15 is 0 Å². The molecule has 0 radical (unpaired) electrons. The van der Waals surface area contributed by atoms with Crippen molar-refractivity contribution in [3.05, 3.63) is 29.8 Å². The molecule has 2 atom stereocenters. The predicted molar refractivity (Wildman–Crippen MR) is 80.5 cm³/mol. The van der Waals surface area contributed by atoms with Crippen LogP contribution in [0.15, 0.2) is 24.3 Å². The quantitative estimate of drug-likeness (QED) is 0.724. The lowest BCUT2D eigenvalue weighted by Gasteiger charge is -2.31. The van der Waals surface area contributed by atoms with Crippen LogP contribution >= 0.6 is 15.9 Å². The molecule has 0 amide bonds. The van der Waals surface area contributed by atoms with E-state index in [1.165, 1.54) is 24.8 Å². The first-order valence-electron chi connectivity index (χ1n) is 6.80. The van der Waals surface area contributed by atoms with Gasteiger partial charge in [-0.2, -0.15) is 0 Å². The molecule has 1 aliphatic rings. The van der Waals surface area contributed by atoms with Gasteiger partial charge in [-0.15, -0.1) is 0 Å². The topological polar surface area (TPSA) is 9.23 Å². The lowest BCUT2D eigenvalue weighted by molar-refractivity contribution is 0.255. The minimum Gasteiger partial charge on any atom is -0.497 e. The minimum atomic E-state index is 0.479. The van der Waals surface area contributed by atoms with Crippen LogP contribution in [-0.4, -0.2) is 11.9 Å². The van der Waals surface area contributed by atoms with Crippen molar-refractivity contribution in [1.29, 1.82) is 0 Å². The molecule has 1 nitrogen and oxygen atoms in total. The molecule has 2 rings (SSSR count). The second-order valence-corrected chi connectivity index (χ2v) is 7.24. The van der Waals surface area contributed by atoms with Gasteiger partial charge in [0, 0.05) is 4.83 Å². The molecule has 2 heteroatoms. The number of alkyl halides is 1. The van der Waals surface area contributed by atoms with E-state index in [4.69, 9.17) is 4.74 Å².